The molecule has 4 N–H and O–H groups in total. The van der Waals surface area contributed by atoms with Crippen molar-refractivity contribution >= 4 is 59.3 Å². The first-order chi connectivity index (χ1) is 15.4. The van der Waals surface area contributed by atoms with Crippen molar-refractivity contribution in [2.24, 2.45) is 5.73 Å². The molecule has 0 saturated carbocycles. The van der Waals surface area contributed by atoms with E-state index >= 15 is 0 Å². The average Bonchev–Trinajstić information content (AvgIpc) is 3.15. The highest BCUT2D eigenvalue weighted by atomic mass is 35.5. The fourth-order valence-electron chi connectivity index (χ4n) is 4.00. The molecule has 2 aromatic carbocycles. The van der Waals surface area contributed by atoms with Crippen molar-refractivity contribution in [3.05, 3.63) is 53.6 Å². The van der Waals surface area contributed by atoms with Gasteiger partial charge in [-0.3, -0.25) is 10.8 Å². The Bertz CT molecular complexity index is 1130. The third-order valence-electron chi connectivity index (χ3n) is 5.85. The van der Waals surface area contributed by atoms with Crippen LogP contribution in [-0.4, -0.2) is 45.3 Å². The number of rotatable bonds is 7. The van der Waals surface area contributed by atoms with E-state index in [-0.39, 0.29) is 36.8 Å². The van der Waals surface area contributed by atoms with E-state index < -0.39 is 0 Å². The lowest BCUT2D eigenvalue weighted by molar-refractivity contribution is 0.130. The second-order valence-electron chi connectivity index (χ2n) is 8.08. The summed E-state index contributed by atoms with van der Waals surface area (Å²) in [6.07, 6.45) is 2.12. The number of thioether (sulfide) groups is 1. The lowest BCUT2D eigenvalue weighted by atomic mass is 10.1. The van der Waals surface area contributed by atoms with Crippen LogP contribution >= 0.6 is 36.6 Å². The molecule has 10 heteroatoms. The van der Waals surface area contributed by atoms with Gasteiger partial charge >= 0.3 is 0 Å². The molecule has 1 aromatic heterocycles. The Hall–Kier alpha value is -2.42. The van der Waals surface area contributed by atoms with Gasteiger partial charge in [-0.25, -0.2) is 4.98 Å². The number of halogens is 2. The predicted octanol–water partition coefficient (Wildman–Crippen LogP) is 5.32. The fraction of sp³-hybridized carbons (Fsp3) is 0.375. The quantitative estimate of drug-likeness (QED) is 0.221. The Morgan fingerprint density at radius 3 is 2.38 bits per heavy atom. The molecule has 7 nitrogen and oxygen atoms in total. The van der Waals surface area contributed by atoms with Crippen LogP contribution in [0.3, 0.4) is 0 Å². The van der Waals surface area contributed by atoms with E-state index in [9.17, 15) is 0 Å². The van der Waals surface area contributed by atoms with Gasteiger partial charge < -0.3 is 19.9 Å². The molecule has 1 aliphatic heterocycles. The topological polar surface area (TPSA) is 104 Å². The Balaban J connectivity index is 0.00000204. The smallest absolute Gasteiger partial charge is 0.169 e. The second kappa shape index (κ2) is 12.3. The number of hydrogen-bond acceptors (Lipinski definition) is 5. The standard InChI is InChI=1S/C24H30N6OS.2ClH/c1-3-30-22-9-6-18(23(26)27)14-21(22)28-24(30)32-15-17-4-7-19(8-5-17)31-20-10-12-29(13-11-20)16(2)25;;/h4-9,14,20,25H,3,10-13,15H2,1-2H3,(H3,26,27);2*1H. The minimum absolute atomic E-state index is 0. The van der Waals surface area contributed by atoms with Crippen LogP contribution in [0.1, 0.15) is 37.8 Å². The molecular weight excluding hydrogens is 491 g/mol. The van der Waals surface area contributed by atoms with E-state index in [2.05, 4.69) is 28.5 Å². The molecule has 0 unspecified atom stereocenters. The highest BCUT2D eigenvalue weighted by Crippen LogP contribution is 2.28. The molecule has 0 bridgehead atoms. The minimum Gasteiger partial charge on any atom is -0.490 e. The van der Waals surface area contributed by atoms with Crippen LogP contribution in [0.25, 0.3) is 11.0 Å². The molecule has 1 fully saturated rings. The van der Waals surface area contributed by atoms with E-state index in [1.807, 2.05) is 37.3 Å². The highest BCUT2D eigenvalue weighted by molar-refractivity contribution is 7.98. The van der Waals surface area contributed by atoms with E-state index in [4.69, 9.17) is 26.3 Å². The summed E-state index contributed by atoms with van der Waals surface area (Å²) in [4.78, 5) is 6.89. The van der Waals surface area contributed by atoms with Gasteiger partial charge in [-0.15, -0.1) is 24.8 Å². The third kappa shape index (κ3) is 6.37. The minimum atomic E-state index is 0. The first-order valence-corrected chi connectivity index (χ1v) is 12.0. The summed E-state index contributed by atoms with van der Waals surface area (Å²) in [7, 11) is 0. The molecule has 0 spiro atoms. The second-order valence-corrected chi connectivity index (χ2v) is 9.02. The number of fused-ring (bicyclic) bond motifs is 1. The normalized spacial score (nSPS) is 13.8. The molecule has 0 radical (unpaired) electrons. The van der Waals surface area contributed by atoms with Crippen molar-refractivity contribution in [3.8, 4) is 5.75 Å². The Morgan fingerprint density at radius 1 is 1.12 bits per heavy atom. The SMILES string of the molecule is CCn1c(SCc2ccc(OC3CCN(C(C)=N)CC3)cc2)nc2cc(C(=N)N)ccc21.Cl.Cl. The number of amidine groups is 2. The van der Waals surface area contributed by atoms with Crippen LogP contribution in [0, 0.1) is 10.8 Å². The number of aromatic nitrogens is 2. The molecule has 0 aliphatic carbocycles. The summed E-state index contributed by atoms with van der Waals surface area (Å²) in [5, 5.41) is 16.4. The number of aryl methyl sites for hydroxylation is 1. The third-order valence-corrected chi connectivity index (χ3v) is 6.90. The first-order valence-electron chi connectivity index (χ1n) is 11.0. The van der Waals surface area contributed by atoms with E-state index in [0.717, 1.165) is 60.2 Å². The van der Waals surface area contributed by atoms with Crippen LogP contribution in [0.15, 0.2) is 47.6 Å². The van der Waals surface area contributed by atoms with E-state index in [0.29, 0.717) is 11.4 Å². The van der Waals surface area contributed by atoms with Crippen molar-refractivity contribution < 1.29 is 4.74 Å². The van der Waals surface area contributed by atoms with Crippen molar-refractivity contribution in [3.63, 3.8) is 0 Å². The van der Waals surface area contributed by atoms with Crippen LogP contribution in [0.4, 0.5) is 0 Å². The van der Waals surface area contributed by atoms with Gasteiger partial charge in [0, 0.05) is 43.8 Å². The Labute approximate surface area is 217 Å². The van der Waals surface area contributed by atoms with Gasteiger partial charge in [0.1, 0.15) is 17.7 Å². The van der Waals surface area contributed by atoms with Gasteiger partial charge in [0.2, 0.25) is 0 Å². The number of nitrogens with one attached hydrogen (secondary N) is 2. The maximum Gasteiger partial charge on any atom is 0.169 e. The molecule has 0 amide bonds. The molecule has 3 aromatic rings. The van der Waals surface area contributed by atoms with Gasteiger partial charge in [-0.05, 0) is 49.7 Å². The molecule has 0 atom stereocenters. The van der Waals surface area contributed by atoms with Crippen LogP contribution < -0.4 is 10.5 Å². The summed E-state index contributed by atoms with van der Waals surface area (Å²) >= 11 is 1.71. The number of hydrogen-bond donors (Lipinski definition) is 3. The van der Waals surface area contributed by atoms with Crippen LogP contribution in [0.5, 0.6) is 5.75 Å². The summed E-state index contributed by atoms with van der Waals surface area (Å²) in [6, 6.07) is 14.1. The molecule has 184 valence electrons. The molecular formula is C24H32Cl2N6OS. The zero-order valence-corrected chi connectivity index (χ0v) is 21.9. The van der Waals surface area contributed by atoms with E-state index in [1.165, 1.54) is 5.56 Å². The highest BCUT2D eigenvalue weighted by Gasteiger charge is 2.20. The monoisotopic (exact) mass is 522 g/mol. The average molecular weight is 524 g/mol. The first kappa shape index (κ1) is 27.8. The molecule has 1 aliphatic rings. The van der Waals surface area contributed by atoms with Gasteiger partial charge in [0.15, 0.2) is 5.16 Å². The van der Waals surface area contributed by atoms with Crippen LogP contribution in [0.2, 0.25) is 0 Å². The van der Waals surface area contributed by atoms with Crippen LogP contribution in [-0.2, 0) is 12.3 Å². The number of benzene rings is 2. The van der Waals surface area contributed by atoms with Gasteiger partial charge in [0.05, 0.1) is 16.9 Å². The number of nitrogen functional groups attached to an aromatic ring is 1. The lowest BCUT2D eigenvalue weighted by Gasteiger charge is -2.32. The largest absolute Gasteiger partial charge is 0.490 e. The Kier molecular flexibility index (Phi) is 10.1. The van der Waals surface area contributed by atoms with Crippen molar-refractivity contribution in [2.45, 2.75) is 50.2 Å². The van der Waals surface area contributed by atoms with Crippen molar-refractivity contribution in [1.29, 1.82) is 10.8 Å². The summed E-state index contributed by atoms with van der Waals surface area (Å²) in [5.41, 5.74) is 9.48. The molecule has 2 heterocycles. The number of ether oxygens (including phenoxy) is 1. The lowest BCUT2D eigenvalue weighted by Crippen LogP contribution is -2.40. The number of likely N-dealkylation sites (tertiary alicyclic amines) is 1. The van der Waals surface area contributed by atoms with Gasteiger partial charge in [0.25, 0.3) is 0 Å². The van der Waals surface area contributed by atoms with E-state index in [1.54, 1.807) is 11.8 Å². The number of imidazole rings is 1. The number of nitrogens with two attached hydrogens (primary N) is 1. The number of piperidine rings is 1. The maximum absolute atomic E-state index is 7.75. The predicted molar refractivity (Wildman–Crippen MR) is 146 cm³/mol. The summed E-state index contributed by atoms with van der Waals surface area (Å²) < 4.78 is 8.36. The number of nitrogens with zero attached hydrogens (tertiary/aromatic N) is 3. The van der Waals surface area contributed by atoms with Gasteiger partial charge in [-0.1, -0.05) is 23.9 Å². The van der Waals surface area contributed by atoms with Crippen molar-refractivity contribution in [1.82, 2.24) is 14.5 Å². The molecule has 34 heavy (non-hydrogen) atoms. The zero-order valence-electron chi connectivity index (χ0n) is 19.4. The maximum atomic E-state index is 7.75. The fourth-order valence-corrected chi connectivity index (χ4v) is 5.04. The zero-order chi connectivity index (χ0) is 22.7. The summed E-state index contributed by atoms with van der Waals surface area (Å²) in [5.74, 6) is 2.42. The Morgan fingerprint density at radius 2 is 1.79 bits per heavy atom. The molecule has 1 saturated heterocycles. The van der Waals surface area contributed by atoms with Crippen molar-refractivity contribution in [2.75, 3.05) is 13.1 Å². The molecule has 4 rings (SSSR count). The van der Waals surface area contributed by atoms with Gasteiger partial charge in [-0.2, -0.15) is 0 Å². The summed E-state index contributed by atoms with van der Waals surface area (Å²) in [6.45, 7) is 6.57.